The van der Waals surface area contributed by atoms with E-state index in [1.54, 1.807) is 0 Å². The molecule has 7 nitrogen and oxygen atoms in total. The predicted molar refractivity (Wildman–Crippen MR) is 42.3 cm³/mol. The fourth-order valence-electron chi connectivity index (χ4n) is 0.675. The van der Waals surface area contributed by atoms with Crippen LogP contribution in [0.5, 0.6) is 0 Å². The molecular weight excluding hydrogens is 174 g/mol. The Balaban J connectivity index is 2.35. The molecule has 13 heavy (non-hydrogen) atoms. The van der Waals surface area contributed by atoms with E-state index in [9.17, 15) is 9.59 Å². The number of carbonyl (C=O) groups is 2. The van der Waals surface area contributed by atoms with Crippen LogP contribution in [0.1, 0.15) is 5.69 Å². The third kappa shape index (κ3) is 2.55. The van der Waals surface area contributed by atoms with E-state index in [4.69, 9.17) is 0 Å². The summed E-state index contributed by atoms with van der Waals surface area (Å²) in [6.45, 7) is 0.183. The van der Waals surface area contributed by atoms with Crippen molar-refractivity contribution in [2.75, 3.05) is 7.05 Å². The SMILES string of the molecule is CNC(=O)C(=O)NCc1cn[nH]n1. The second-order valence-corrected chi connectivity index (χ2v) is 2.22. The molecule has 2 amide bonds. The number of hydrogen-bond donors (Lipinski definition) is 3. The lowest BCUT2D eigenvalue weighted by atomic mass is 10.4. The number of carbonyl (C=O) groups excluding carboxylic acids is 2. The lowest BCUT2D eigenvalue weighted by Gasteiger charge is -1.99. The van der Waals surface area contributed by atoms with Gasteiger partial charge >= 0.3 is 11.8 Å². The van der Waals surface area contributed by atoms with Crippen LogP contribution in [0, 0.1) is 0 Å². The first-order valence-electron chi connectivity index (χ1n) is 3.58. The van der Waals surface area contributed by atoms with Gasteiger partial charge < -0.3 is 10.6 Å². The quantitative estimate of drug-likeness (QED) is 0.469. The Kier molecular flexibility index (Phi) is 2.96. The first-order valence-corrected chi connectivity index (χ1v) is 3.58. The summed E-state index contributed by atoms with van der Waals surface area (Å²) in [5.74, 6) is -1.37. The first-order chi connectivity index (χ1) is 6.24. The Morgan fingerprint density at radius 2 is 2.31 bits per heavy atom. The minimum absolute atomic E-state index is 0.183. The van der Waals surface area contributed by atoms with Crippen LogP contribution in [0.4, 0.5) is 0 Å². The van der Waals surface area contributed by atoms with Gasteiger partial charge in [0.25, 0.3) is 0 Å². The van der Waals surface area contributed by atoms with Crippen LogP contribution >= 0.6 is 0 Å². The fourth-order valence-corrected chi connectivity index (χ4v) is 0.675. The average Bonchev–Trinajstić information content (AvgIpc) is 2.65. The molecule has 0 saturated carbocycles. The van der Waals surface area contributed by atoms with Gasteiger partial charge in [0.1, 0.15) is 5.69 Å². The molecule has 0 saturated heterocycles. The second-order valence-electron chi connectivity index (χ2n) is 2.22. The van der Waals surface area contributed by atoms with E-state index in [0.29, 0.717) is 5.69 Å². The standard InChI is InChI=1S/C6H9N5O2/c1-7-5(12)6(13)8-2-4-3-9-11-10-4/h3H,2H2,1H3,(H,7,12)(H,8,13)(H,9,10,11). The van der Waals surface area contributed by atoms with Crippen LogP contribution in [0.25, 0.3) is 0 Å². The zero-order valence-corrected chi connectivity index (χ0v) is 7.00. The van der Waals surface area contributed by atoms with Crippen LogP contribution in [-0.4, -0.2) is 34.3 Å². The fraction of sp³-hybridized carbons (Fsp3) is 0.333. The van der Waals surface area contributed by atoms with Gasteiger partial charge in [-0.1, -0.05) is 0 Å². The maximum atomic E-state index is 10.9. The van der Waals surface area contributed by atoms with E-state index in [1.807, 2.05) is 0 Å². The van der Waals surface area contributed by atoms with Crippen LogP contribution < -0.4 is 10.6 Å². The molecular formula is C6H9N5O2. The van der Waals surface area contributed by atoms with Crippen molar-refractivity contribution in [2.45, 2.75) is 6.54 Å². The zero-order chi connectivity index (χ0) is 9.68. The number of nitrogens with one attached hydrogen (secondary N) is 3. The van der Waals surface area contributed by atoms with Crippen LogP contribution in [0.15, 0.2) is 6.20 Å². The van der Waals surface area contributed by atoms with Gasteiger partial charge in [-0.3, -0.25) is 9.59 Å². The minimum Gasteiger partial charge on any atom is -0.351 e. The molecule has 0 bridgehead atoms. The number of aromatic amines is 1. The van der Waals surface area contributed by atoms with Crippen LogP contribution in [0.3, 0.4) is 0 Å². The molecule has 70 valence electrons. The number of aromatic nitrogens is 3. The number of rotatable bonds is 2. The second kappa shape index (κ2) is 4.19. The molecule has 3 N–H and O–H groups in total. The third-order valence-corrected chi connectivity index (χ3v) is 1.33. The van der Waals surface area contributed by atoms with E-state index in [-0.39, 0.29) is 6.54 Å². The summed E-state index contributed by atoms with van der Waals surface area (Å²) in [5.41, 5.74) is 0.567. The van der Waals surface area contributed by atoms with Gasteiger partial charge in [-0.15, -0.1) is 0 Å². The Labute approximate surface area is 73.9 Å². The van der Waals surface area contributed by atoms with Crippen molar-refractivity contribution in [1.29, 1.82) is 0 Å². The third-order valence-electron chi connectivity index (χ3n) is 1.33. The van der Waals surface area contributed by atoms with Crippen molar-refractivity contribution in [2.24, 2.45) is 0 Å². The normalized spacial score (nSPS) is 9.31. The molecule has 0 aliphatic heterocycles. The Bertz CT molecular complexity index is 294. The number of hydrogen-bond acceptors (Lipinski definition) is 4. The predicted octanol–water partition coefficient (Wildman–Crippen LogP) is -1.83. The number of likely N-dealkylation sites (N-methyl/N-ethyl adjacent to an activating group) is 1. The summed E-state index contributed by atoms with van der Waals surface area (Å²) in [5, 5.41) is 14.2. The van der Waals surface area contributed by atoms with Crippen molar-refractivity contribution >= 4 is 11.8 Å². The molecule has 0 radical (unpaired) electrons. The molecule has 0 spiro atoms. The highest BCUT2D eigenvalue weighted by molar-refractivity contribution is 6.34. The monoisotopic (exact) mass is 183 g/mol. The summed E-state index contributed by atoms with van der Waals surface area (Å²) in [6, 6.07) is 0. The number of amides is 2. The van der Waals surface area contributed by atoms with Crippen molar-refractivity contribution in [3.8, 4) is 0 Å². The maximum absolute atomic E-state index is 10.9. The van der Waals surface area contributed by atoms with Crippen molar-refractivity contribution in [3.05, 3.63) is 11.9 Å². The highest BCUT2D eigenvalue weighted by Crippen LogP contribution is 1.85. The molecule has 0 fully saturated rings. The molecule has 0 atom stereocenters. The summed E-state index contributed by atoms with van der Waals surface area (Å²) < 4.78 is 0. The van der Waals surface area contributed by atoms with Gasteiger partial charge in [0.05, 0.1) is 12.7 Å². The largest absolute Gasteiger partial charge is 0.351 e. The van der Waals surface area contributed by atoms with E-state index in [2.05, 4.69) is 26.0 Å². The van der Waals surface area contributed by atoms with E-state index in [1.165, 1.54) is 13.2 Å². The summed E-state index contributed by atoms with van der Waals surface area (Å²) in [7, 11) is 1.39. The topological polar surface area (TPSA) is 99.8 Å². The Morgan fingerprint density at radius 3 is 2.85 bits per heavy atom. The molecule has 1 heterocycles. The molecule has 7 heteroatoms. The zero-order valence-electron chi connectivity index (χ0n) is 7.00. The average molecular weight is 183 g/mol. The Morgan fingerprint density at radius 1 is 1.54 bits per heavy atom. The lowest BCUT2D eigenvalue weighted by molar-refractivity contribution is -0.139. The van der Waals surface area contributed by atoms with Crippen molar-refractivity contribution in [3.63, 3.8) is 0 Å². The Hall–Kier alpha value is -1.92. The molecule has 1 rings (SSSR count). The highest BCUT2D eigenvalue weighted by Gasteiger charge is 2.10. The molecule has 0 aliphatic rings. The molecule has 1 aromatic heterocycles. The molecule has 1 aromatic rings. The highest BCUT2D eigenvalue weighted by atomic mass is 16.2. The smallest absolute Gasteiger partial charge is 0.309 e. The molecule has 0 unspecified atom stereocenters. The van der Waals surface area contributed by atoms with Crippen LogP contribution in [-0.2, 0) is 16.1 Å². The maximum Gasteiger partial charge on any atom is 0.309 e. The summed E-state index contributed by atoms with van der Waals surface area (Å²) in [6.07, 6.45) is 1.46. The molecule has 0 aromatic carbocycles. The van der Waals surface area contributed by atoms with Crippen LogP contribution in [0.2, 0.25) is 0 Å². The minimum atomic E-state index is -0.689. The van der Waals surface area contributed by atoms with E-state index in [0.717, 1.165) is 0 Å². The van der Waals surface area contributed by atoms with Gasteiger partial charge in [-0.05, 0) is 0 Å². The first kappa shape index (κ1) is 9.17. The summed E-state index contributed by atoms with van der Waals surface area (Å²) in [4.78, 5) is 21.6. The number of nitrogens with zero attached hydrogens (tertiary/aromatic N) is 2. The van der Waals surface area contributed by atoms with Gasteiger partial charge in [0.2, 0.25) is 0 Å². The summed E-state index contributed by atoms with van der Waals surface area (Å²) >= 11 is 0. The van der Waals surface area contributed by atoms with Crippen molar-refractivity contribution in [1.82, 2.24) is 26.0 Å². The lowest BCUT2D eigenvalue weighted by Crippen LogP contribution is -2.37. The molecule has 0 aliphatic carbocycles. The van der Waals surface area contributed by atoms with Gasteiger partial charge in [0.15, 0.2) is 0 Å². The van der Waals surface area contributed by atoms with Crippen molar-refractivity contribution < 1.29 is 9.59 Å². The van der Waals surface area contributed by atoms with Gasteiger partial charge in [0, 0.05) is 7.05 Å². The van der Waals surface area contributed by atoms with Gasteiger partial charge in [-0.2, -0.15) is 15.4 Å². The van der Waals surface area contributed by atoms with E-state index >= 15 is 0 Å². The van der Waals surface area contributed by atoms with Gasteiger partial charge in [-0.25, -0.2) is 0 Å². The van der Waals surface area contributed by atoms with E-state index < -0.39 is 11.8 Å². The number of H-pyrrole nitrogens is 1.